The summed E-state index contributed by atoms with van der Waals surface area (Å²) < 4.78 is 5.08. The van der Waals surface area contributed by atoms with Gasteiger partial charge in [-0.1, -0.05) is 71.1 Å². The molecule has 5 heteroatoms. The van der Waals surface area contributed by atoms with Crippen molar-refractivity contribution < 1.29 is 14.3 Å². The summed E-state index contributed by atoms with van der Waals surface area (Å²) in [6.45, 7) is 2.24. The number of carbonyl (C=O) groups is 2. The fraction of sp³-hybridized carbons (Fsp3) is 0.889. The van der Waals surface area contributed by atoms with Crippen LogP contribution in [0.15, 0.2) is 0 Å². The Labute approximate surface area is 141 Å². The average molecular weight is 328 g/mol. The van der Waals surface area contributed by atoms with Crippen molar-refractivity contribution in [1.29, 1.82) is 0 Å². The van der Waals surface area contributed by atoms with Crippen molar-refractivity contribution in [2.75, 3.05) is 14.1 Å². The minimum Gasteiger partial charge on any atom is -0.437 e. The maximum Gasteiger partial charge on any atom is 0.307 e. The van der Waals surface area contributed by atoms with Crippen molar-refractivity contribution in [2.24, 2.45) is 5.73 Å². The summed E-state index contributed by atoms with van der Waals surface area (Å²) in [5, 5.41) is 0. The van der Waals surface area contributed by atoms with Gasteiger partial charge in [0.05, 0.1) is 0 Å². The van der Waals surface area contributed by atoms with Gasteiger partial charge in [-0.15, -0.1) is 0 Å². The number of likely N-dealkylation sites (N-methyl/N-ethyl adjacent to an activating group) is 1. The number of primary amides is 1. The summed E-state index contributed by atoms with van der Waals surface area (Å²) in [5.41, 5.74) is 5.19. The van der Waals surface area contributed by atoms with E-state index >= 15 is 0 Å². The molecule has 0 fully saturated rings. The van der Waals surface area contributed by atoms with E-state index in [4.69, 9.17) is 10.5 Å². The largest absolute Gasteiger partial charge is 0.437 e. The Hall–Kier alpha value is -1.10. The van der Waals surface area contributed by atoms with E-state index in [9.17, 15) is 9.59 Å². The van der Waals surface area contributed by atoms with Gasteiger partial charge in [-0.2, -0.15) is 0 Å². The molecular formula is C18H36N2O3. The van der Waals surface area contributed by atoms with E-state index < -0.39 is 12.1 Å². The Morgan fingerprint density at radius 2 is 1.30 bits per heavy atom. The third-order valence-corrected chi connectivity index (χ3v) is 3.94. The van der Waals surface area contributed by atoms with Crippen LogP contribution in [0.5, 0.6) is 0 Å². The average Bonchev–Trinajstić information content (AvgIpc) is 2.49. The zero-order chi connectivity index (χ0) is 17.5. The summed E-state index contributed by atoms with van der Waals surface area (Å²) in [6.07, 6.45) is 13.0. The molecule has 0 rings (SSSR count). The van der Waals surface area contributed by atoms with E-state index in [0.717, 1.165) is 19.3 Å². The van der Waals surface area contributed by atoms with Crippen molar-refractivity contribution in [3.63, 3.8) is 0 Å². The number of hydrogen-bond acceptors (Lipinski definition) is 4. The van der Waals surface area contributed by atoms with E-state index in [1.165, 1.54) is 56.3 Å². The molecule has 2 N–H and O–H groups in total. The van der Waals surface area contributed by atoms with Gasteiger partial charge in [0.1, 0.15) is 0 Å². The van der Waals surface area contributed by atoms with Gasteiger partial charge in [0.2, 0.25) is 6.23 Å². The molecule has 0 aromatic rings. The minimum absolute atomic E-state index is 0.349. The second-order valence-electron chi connectivity index (χ2n) is 6.49. The summed E-state index contributed by atoms with van der Waals surface area (Å²) >= 11 is 0. The SMILES string of the molecule is CCCCCCCCCCCCCC(=O)OC(C(N)=O)N(C)C. The molecule has 136 valence electrons. The van der Waals surface area contributed by atoms with Crippen LogP contribution in [-0.4, -0.2) is 37.1 Å². The quantitative estimate of drug-likeness (QED) is 0.283. The third-order valence-electron chi connectivity index (χ3n) is 3.94. The number of esters is 1. The molecule has 0 saturated carbocycles. The zero-order valence-electron chi connectivity index (χ0n) is 15.3. The number of hydrogen-bond donors (Lipinski definition) is 1. The third kappa shape index (κ3) is 13.1. The van der Waals surface area contributed by atoms with Crippen LogP contribution in [0.4, 0.5) is 0 Å². The first-order chi connectivity index (χ1) is 11.0. The minimum atomic E-state index is -0.963. The molecule has 0 radical (unpaired) electrons. The molecule has 1 amide bonds. The standard InChI is InChI=1S/C18H36N2O3/c1-4-5-6-7-8-9-10-11-12-13-14-15-16(21)23-18(17(19)22)20(2)3/h18H,4-15H2,1-3H3,(H2,19,22). The van der Waals surface area contributed by atoms with Crippen LogP contribution in [0.3, 0.4) is 0 Å². The van der Waals surface area contributed by atoms with E-state index in [2.05, 4.69) is 6.92 Å². The lowest BCUT2D eigenvalue weighted by molar-refractivity contribution is -0.164. The predicted molar refractivity (Wildman–Crippen MR) is 93.8 cm³/mol. The van der Waals surface area contributed by atoms with Crippen LogP contribution in [0, 0.1) is 0 Å². The van der Waals surface area contributed by atoms with Gasteiger partial charge in [0.15, 0.2) is 0 Å². The zero-order valence-corrected chi connectivity index (χ0v) is 15.3. The van der Waals surface area contributed by atoms with Crippen molar-refractivity contribution in [2.45, 2.75) is 90.2 Å². The van der Waals surface area contributed by atoms with E-state index in [-0.39, 0.29) is 5.97 Å². The molecule has 0 saturated heterocycles. The van der Waals surface area contributed by atoms with Crippen LogP contribution in [0.25, 0.3) is 0 Å². The number of carbonyl (C=O) groups excluding carboxylic acids is 2. The molecule has 0 aromatic heterocycles. The lowest BCUT2D eigenvalue weighted by Crippen LogP contribution is -2.43. The fourth-order valence-corrected chi connectivity index (χ4v) is 2.53. The topological polar surface area (TPSA) is 72.6 Å². The lowest BCUT2D eigenvalue weighted by atomic mass is 10.1. The lowest BCUT2D eigenvalue weighted by Gasteiger charge is -2.20. The highest BCUT2D eigenvalue weighted by Crippen LogP contribution is 2.12. The van der Waals surface area contributed by atoms with Crippen molar-refractivity contribution in [3.8, 4) is 0 Å². The maximum atomic E-state index is 11.7. The van der Waals surface area contributed by atoms with Crippen LogP contribution in [-0.2, 0) is 14.3 Å². The highest BCUT2D eigenvalue weighted by molar-refractivity contribution is 5.81. The molecule has 1 unspecified atom stereocenters. The summed E-state index contributed by atoms with van der Waals surface area (Å²) in [4.78, 5) is 24.3. The van der Waals surface area contributed by atoms with E-state index in [1.54, 1.807) is 14.1 Å². The first-order valence-corrected chi connectivity index (χ1v) is 9.14. The number of ether oxygens (including phenoxy) is 1. The van der Waals surface area contributed by atoms with Gasteiger partial charge in [-0.25, -0.2) is 0 Å². The molecule has 0 aliphatic carbocycles. The van der Waals surface area contributed by atoms with Crippen LogP contribution >= 0.6 is 0 Å². The number of rotatable bonds is 15. The van der Waals surface area contributed by atoms with Crippen LogP contribution < -0.4 is 5.73 Å². The molecule has 0 aliphatic rings. The van der Waals surface area contributed by atoms with E-state index in [0.29, 0.717) is 6.42 Å². The Morgan fingerprint density at radius 1 is 0.870 bits per heavy atom. The molecule has 0 aromatic carbocycles. The summed E-state index contributed by atoms with van der Waals surface area (Å²) in [6, 6.07) is 0. The van der Waals surface area contributed by atoms with Crippen LogP contribution in [0.1, 0.15) is 84.0 Å². The van der Waals surface area contributed by atoms with Gasteiger partial charge in [0, 0.05) is 6.42 Å². The Balaban J connectivity index is 3.47. The first-order valence-electron chi connectivity index (χ1n) is 9.14. The van der Waals surface area contributed by atoms with Crippen molar-refractivity contribution in [3.05, 3.63) is 0 Å². The van der Waals surface area contributed by atoms with Crippen LogP contribution in [0.2, 0.25) is 0 Å². The predicted octanol–water partition coefficient (Wildman–Crippen LogP) is 3.60. The normalized spacial score (nSPS) is 12.3. The van der Waals surface area contributed by atoms with Crippen molar-refractivity contribution >= 4 is 11.9 Å². The second-order valence-corrected chi connectivity index (χ2v) is 6.49. The van der Waals surface area contributed by atoms with Gasteiger partial charge >= 0.3 is 5.97 Å². The van der Waals surface area contributed by atoms with Gasteiger partial charge in [-0.05, 0) is 20.5 Å². The first kappa shape index (κ1) is 21.9. The monoisotopic (exact) mass is 328 g/mol. The molecule has 0 heterocycles. The summed E-state index contributed by atoms with van der Waals surface area (Å²) in [5.74, 6) is -0.985. The number of nitrogens with two attached hydrogens (primary N) is 1. The number of unbranched alkanes of at least 4 members (excludes halogenated alkanes) is 10. The van der Waals surface area contributed by atoms with Gasteiger partial charge in [-0.3, -0.25) is 14.5 Å². The molecule has 23 heavy (non-hydrogen) atoms. The summed E-state index contributed by atoms with van der Waals surface area (Å²) in [7, 11) is 3.32. The molecule has 0 spiro atoms. The molecule has 0 aliphatic heterocycles. The number of amides is 1. The Bertz CT molecular complexity index is 319. The van der Waals surface area contributed by atoms with Gasteiger partial charge in [0.25, 0.3) is 5.91 Å². The molecule has 1 atom stereocenters. The van der Waals surface area contributed by atoms with Crippen molar-refractivity contribution in [1.82, 2.24) is 4.90 Å². The highest BCUT2D eigenvalue weighted by Gasteiger charge is 2.21. The smallest absolute Gasteiger partial charge is 0.307 e. The number of nitrogens with zero attached hydrogens (tertiary/aromatic N) is 1. The highest BCUT2D eigenvalue weighted by atomic mass is 16.6. The second kappa shape index (κ2) is 14.5. The van der Waals surface area contributed by atoms with Gasteiger partial charge < -0.3 is 10.5 Å². The maximum absolute atomic E-state index is 11.7. The molecule has 5 nitrogen and oxygen atoms in total. The Kier molecular flexibility index (Phi) is 13.8. The molecule has 0 bridgehead atoms. The fourth-order valence-electron chi connectivity index (χ4n) is 2.53. The van der Waals surface area contributed by atoms with E-state index in [1.807, 2.05) is 0 Å². The Morgan fingerprint density at radius 3 is 1.70 bits per heavy atom. The molecular weight excluding hydrogens is 292 g/mol.